The molecule has 0 radical (unpaired) electrons. The third-order valence-corrected chi connectivity index (χ3v) is 5.52. The van der Waals surface area contributed by atoms with Gasteiger partial charge in [-0.2, -0.15) is 5.26 Å². The highest BCUT2D eigenvalue weighted by Gasteiger charge is 2.11. The Bertz CT molecular complexity index is 1130. The maximum atomic E-state index is 12.4. The minimum absolute atomic E-state index is 0.0225. The summed E-state index contributed by atoms with van der Waals surface area (Å²) in [6, 6.07) is 18.9. The molecule has 33 heavy (non-hydrogen) atoms. The molecule has 0 spiro atoms. The summed E-state index contributed by atoms with van der Waals surface area (Å²) in [7, 11) is 0. The Morgan fingerprint density at radius 3 is 2.52 bits per heavy atom. The first-order valence-electron chi connectivity index (χ1n) is 10.6. The van der Waals surface area contributed by atoms with Crippen LogP contribution in [0.3, 0.4) is 0 Å². The lowest BCUT2D eigenvalue weighted by molar-refractivity contribution is -0.117. The van der Waals surface area contributed by atoms with Gasteiger partial charge in [-0.3, -0.25) is 4.79 Å². The minimum atomic E-state index is -0.419. The first-order chi connectivity index (χ1) is 16.1. The normalized spacial score (nSPS) is 10.9. The molecule has 170 valence electrons. The average molecular weight is 463 g/mol. The molecule has 0 aliphatic rings. The van der Waals surface area contributed by atoms with Crippen LogP contribution in [0, 0.1) is 18.3 Å². The lowest BCUT2D eigenvalue weighted by Gasteiger charge is -2.14. The molecule has 3 aromatic rings. The molecular formula is C26H26N2O4S. The lowest BCUT2D eigenvalue weighted by atomic mass is 10.1. The molecule has 3 rings (SSSR count). The lowest BCUT2D eigenvalue weighted by Crippen LogP contribution is -2.23. The fourth-order valence-corrected chi connectivity index (χ4v) is 3.66. The molecule has 0 fully saturated rings. The monoisotopic (exact) mass is 462 g/mol. The Balaban J connectivity index is 1.63. The molecule has 0 bridgehead atoms. The van der Waals surface area contributed by atoms with Crippen LogP contribution in [-0.2, 0) is 11.3 Å². The van der Waals surface area contributed by atoms with E-state index in [1.807, 2.05) is 61.7 Å². The highest BCUT2D eigenvalue weighted by Crippen LogP contribution is 2.29. The van der Waals surface area contributed by atoms with Crippen LogP contribution in [0.15, 0.2) is 65.6 Å². The van der Waals surface area contributed by atoms with Crippen LogP contribution in [0.4, 0.5) is 0 Å². The number of carbonyl (C=O) groups is 1. The second-order valence-electron chi connectivity index (χ2n) is 7.03. The van der Waals surface area contributed by atoms with E-state index >= 15 is 0 Å². The Hall–Kier alpha value is -3.76. The van der Waals surface area contributed by atoms with E-state index in [2.05, 4.69) is 5.32 Å². The quantitative estimate of drug-likeness (QED) is 0.243. The molecule has 7 heteroatoms. The number of amides is 1. The minimum Gasteiger partial charge on any atom is -0.490 e. The molecule has 2 aromatic carbocycles. The van der Waals surface area contributed by atoms with Crippen LogP contribution in [0.1, 0.15) is 22.9 Å². The standard InChI is InChI=1S/C26H26N2O4S/c1-3-30-25-16-20(15-21(17-27)26(29)28-18-22-8-6-14-33-22)10-11-24(25)32-13-12-31-23-9-5-4-7-19(23)2/h4-11,14-16H,3,12-13,18H2,1-2H3,(H,28,29)/b21-15+. The van der Waals surface area contributed by atoms with E-state index in [1.165, 1.54) is 6.08 Å². The highest BCUT2D eigenvalue weighted by atomic mass is 32.1. The second kappa shape index (κ2) is 12.3. The van der Waals surface area contributed by atoms with Gasteiger partial charge in [0.05, 0.1) is 13.2 Å². The maximum absolute atomic E-state index is 12.4. The average Bonchev–Trinajstić information content (AvgIpc) is 3.35. The maximum Gasteiger partial charge on any atom is 0.262 e. The van der Waals surface area contributed by atoms with Gasteiger partial charge in [-0.25, -0.2) is 0 Å². The highest BCUT2D eigenvalue weighted by molar-refractivity contribution is 7.09. The molecule has 1 amide bonds. The Morgan fingerprint density at radius 2 is 1.82 bits per heavy atom. The van der Waals surface area contributed by atoms with Crippen molar-refractivity contribution in [2.24, 2.45) is 0 Å². The van der Waals surface area contributed by atoms with Crippen molar-refractivity contribution in [1.82, 2.24) is 5.32 Å². The predicted molar refractivity (Wildman–Crippen MR) is 130 cm³/mol. The summed E-state index contributed by atoms with van der Waals surface area (Å²) in [6.07, 6.45) is 1.54. The number of thiophene rings is 1. The van der Waals surface area contributed by atoms with Crippen LogP contribution >= 0.6 is 11.3 Å². The Kier molecular flexibility index (Phi) is 8.92. The number of nitriles is 1. The van der Waals surface area contributed by atoms with E-state index in [9.17, 15) is 10.1 Å². The number of hydrogen-bond acceptors (Lipinski definition) is 6. The summed E-state index contributed by atoms with van der Waals surface area (Å²) in [5.74, 6) is 1.52. The first kappa shape index (κ1) is 23.9. The zero-order chi connectivity index (χ0) is 23.5. The van der Waals surface area contributed by atoms with Crippen molar-refractivity contribution in [2.45, 2.75) is 20.4 Å². The third-order valence-electron chi connectivity index (χ3n) is 4.64. The molecular weight excluding hydrogens is 436 g/mol. The molecule has 1 heterocycles. The van der Waals surface area contributed by atoms with Gasteiger partial charge < -0.3 is 19.5 Å². The van der Waals surface area contributed by atoms with Crippen molar-refractivity contribution >= 4 is 23.3 Å². The molecule has 0 saturated heterocycles. The third kappa shape index (κ3) is 7.13. The molecule has 1 N–H and O–H groups in total. The van der Waals surface area contributed by atoms with Gasteiger partial charge in [0.25, 0.3) is 5.91 Å². The summed E-state index contributed by atoms with van der Waals surface area (Å²) < 4.78 is 17.3. The number of nitrogens with zero attached hydrogens (tertiary/aromatic N) is 1. The molecule has 1 aromatic heterocycles. The zero-order valence-electron chi connectivity index (χ0n) is 18.7. The van der Waals surface area contributed by atoms with Crippen molar-refractivity contribution in [3.63, 3.8) is 0 Å². The van der Waals surface area contributed by atoms with Crippen molar-refractivity contribution < 1.29 is 19.0 Å². The Morgan fingerprint density at radius 1 is 1.03 bits per heavy atom. The first-order valence-corrected chi connectivity index (χ1v) is 11.5. The van der Waals surface area contributed by atoms with Crippen LogP contribution < -0.4 is 19.5 Å². The SMILES string of the molecule is CCOc1cc(/C=C(\C#N)C(=O)NCc2cccs2)ccc1OCCOc1ccccc1C. The molecule has 6 nitrogen and oxygen atoms in total. The van der Waals surface area contributed by atoms with Gasteiger partial charge in [-0.1, -0.05) is 30.3 Å². The van der Waals surface area contributed by atoms with E-state index < -0.39 is 5.91 Å². The number of aryl methyl sites for hydroxylation is 1. The number of rotatable bonds is 11. The summed E-state index contributed by atoms with van der Waals surface area (Å²) in [5.41, 5.74) is 1.76. The molecule has 0 aliphatic heterocycles. The fourth-order valence-electron chi connectivity index (χ4n) is 3.01. The van der Waals surface area contributed by atoms with E-state index in [0.717, 1.165) is 16.2 Å². The van der Waals surface area contributed by atoms with Gasteiger partial charge in [0, 0.05) is 4.88 Å². The van der Waals surface area contributed by atoms with Crippen LogP contribution in [0.5, 0.6) is 17.2 Å². The molecule has 0 aliphatic carbocycles. The molecule has 0 saturated carbocycles. The van der Waals surface area contributed by atoms with E-state index in [0.29, 0.717) is 43.4 Å². The van der Waals surface area contributed by atoms with E-state index in [-0.39, 0.29) is 5.57 Å². The molecule has 0 atom stereocenters. The second-order valence-corrected chi connectivity index (χ2v) is 8.07. The van der Waals surface area contributed by atoms with Crippen molar-refractivity contribution in [1.29, 1.82) is 5.26 Å². The number of hydrogen-bond donors (Lipinski definition) is 1. The van der Waals surface area contributed by atoms with Gasteiger partial charge in [0.1, 0.15) is 30.6 Å². The summed E-state index contributed by atoms with van der Waals surface area (Å²) in [6.45, 7) is 5.45. The van der Waals surface area contributed by atoms with Crippen molar-refractivity contribution in [3.8, 4) is 23.3 Å². The van der Waals surface area contributed by atoms with Crippen molar-refractivity contribution in [2.75, 3.05) is 19.8 Å². The molecule has 0 unspecified atom stereocenters. The number of para-hydroxylation sites is 1. The van der Waals surface area contributed by atoms with Gasteiger partial charge in [0.15, 0.2) is 11.5 Å². The number of benzene rings is 2. The van der Waals surface area contributed by atoms with E-state index in [4.69, 9.17) is 14.2 Å². The summed E-state index contributed by atoms with van der Waals surface area (Å²) in [5, 5.41) is 14.2. The van der Waals surface area contributed by atoms with Gasteiger partial charge in [0.2, 0.25) is 0 Å². The topological polar surface area (TPSA) is 80.6 Å². The van der Waals surface area contributed by atoms with Gasteiger partial charge >= 0.3 is 0 Å². The summed E-state index contributed by atoms with van der Waals surface area (Å²) >= 11 is 1.55. The smallest absolute Gasteiger partial charge is 0.262 e. The number of carbonyl (C=O) groups excluding carboxylic acids is 1. The Labute approximate surface area is 198 Å². The number of ether oxygens (including phenoxy) is 3. The van der Waals surface area contributed by atoms with Gasteiger partial charge in [-0.05, 0) is 60.7 Å². The van der Waals surface area contributed by atoms with Gasteiger partial charge in [-0.15, -0.1) is 11.3 Å². The number of nitrogens with one attached hydrogen (secondary N) is 1. The van der Waals surface area contributed by atoms with E-state index in [1.54, 1.807) is 29.5 Å². The van der Waals surface area contributed by atoms with Crippen molar-refractivity contribution in [3.05, 3.63) is 81.6 Å². The largest absolute Gasteiger partial charge is 0.490 e. The van der Waals surface area contributed by atoms with Crippen LogP contribution in [-0.4, -0.2) is 25.7 Å². The fraction of sp³-hybridized carbons (Fsp3) is 0.231. The van der Waals surface area contributed by atoms with Crippen LogP contribution in [0.25, 0.3) is 6.08 Å². The predicted octanol–water partition coefficient (Wildman–Crippen LogP) is 5.14. The zero-order valence-corrected chi connectivity index (χ0v) is 19.5. The summed E-state index contributed by atoms with van der Waals surface area (Å²) in [4.78, 5) is 13.4. The van der Waals surface area contributed by atoms with Crippen LogP contribution in [0.2, 0.25) is 0 Å².